The van der Waals surface area contributed by atoms with Crippen LogP contribution in [-0.4, -0.2) is 18.4 Å². The summed E-state index contributed by atoms with van der Waals surface area (Å²) in [6.45, 7) is 3.68. The number of carbonyl (C=O) groups excluding carboxylic acids is 2. The maximum absolute atomic E-state index is 11.6. The van der Waals surface area contributed by atoms with Crippen LogP contribution in [0, 0.1) is 0 Å². The molecular formula is C13H16N2O2. The van der Waals surface area contributed by atoms with Crippen molar-refractivity contribution in [3.63, 3.8) is 0 Å². The summed E-state index contributed by atoms with van der Waals surface area (Å²) in [4.78, 5) is 24.5. The van der Waals surface area contributed by atoms with Gasteiger partial charge in [0.2, 0.25) is 11.8 Å². The minimum Gasteiger partial charge on any atom is -0.313 e. The number of nitrogens with one attached hydrogen (secondary N) is 1. The number of anilines is 1. The van der Waals surface area contributed by atoms with Gasteiger partial charge < -0.3 is 5.32 Å². The number of hydrogen-bond acceptors (Lipinski definition) is 3. The van der Waals surface area contributed by atoms with Gasteiger partial charge in [-0.3, -0.25) is 14.5 Å². The first-order valence-electron chi connectivity index (χ1n) is 5.88. The second kappa shape index (κ2) is 5.10. The van der Waals surface area contributed by atoms with Gasteiger partial charge in [0.05, 0.1) is 5.69 Å². The molecule has 0 saturated carbocycles. The van der Waals surface area contributed by atoms with Crippen molar-refractivity contribution in [1.82, 2.24) is 5.32 Å². The molecule has 2 rings (SSSR count). The topological polar surface area (TPSA) is 49.4 Å². The predicted octanol–water partition coefficient (Wildman–Crippen LogP) is 1.45. The van der Waals surface area contributed by atoms with E-state index in [0.29, 0.717) is 18.5 Å². The summed E-state index contributed by atoms with van der Waals surface area (Å²) in [6.07, 6.45) is 0.659. The lowest BCUT2D eigenvalue weighted by Crippen LogP contribution is -2.28. The van der Waals surface area contributed by atoms with Gasteiger partial charge in [-0.05, 0) is 24.2 Å². The van der Waals surface area contributed by atoms with Gasteiger partial charge in [0, 0.05) is 19.4 Å². The molecular weight excluding hydrogens is 216 g/mol. The van der Waals surface area contributed by atoms with Gasteiger partial charge >= 0.3 is 0 Å². The molecule has 1 aromatic carbocycles. The zero-order valence-corrected chi connectivity index (χ0v) is 9.90. The molecule has 0 radical (unpaired) electrons. The fraction of sp³-hybridized carbons (Fsp3) is 0.385. The number of nitrogens with zero attached hydrogens (tertiary/aromatic N) is 1. The average molecular weight is 232 g/mol. The molecule has 1 saturated heterocycles. The largest absolute Gasteiger partial charge is 0.313 e. The Morgan fingerprint density at radius 2 is 1.94 bits per heavy atom. The SMILES string of the molecule is CCNCc1cccc(N2C(=O)CCC2=O)c1. The van der Waals surface area contributed by atoms with Crippen LogP contribution in [0.15, 0.2) is 24.3 Å². The lowest BCUT2D eigenvalue weighted by molar-refractivity contribution is -0.121. The summed E-state index contributed by atoms with van der Waals surface area (Å²) in [6, 6.07) is 7.55. The predicted molar refractivity (Wildman–Crippen MR) is 65.5 cm³/mol. The Labute approximate surface area is 101 Å². The van der Waals surface area contributed by atoms with Crippen LogP contribution in [0.4, 0.5) is 5.69 Å². The van der Waals surface area contributed by atoms with Crippen molar-refractivity contribution in [3.05, 3.63) is 29.8 Å². The van der Waals surface area contributed by atoms with Crippen molar-refractivity contribution in [2.45, 2.75) is 26.3 Å². The van der Waals surface area contributed by atoms with Crippen LogP contribution in [0.25, 0.3) is 0 Å². The van der Waals surface area contributed by atoms with E-state index in [1.807, 2.05) is 25.1 Å². The first-order valence-corrected chi connectivity index (χ1v) is 5.88. The van der Waals surface area contributed by atoms with E-state index in [-0.39, 0.29) is 11.8 Å². The maximum Gasteiger partial charge on any atom is 0.234 e. The molecule has 1 aliphatic heterocycles. The highest BCUT2D eigenvalue weighted by atomic mass is 16.2. The van der Waals surface area contributed by atoms with Crippen molar-refractivity contribution in [2.75, 3.05) is 11.4 Å². The number of benzene rings is 1. The van der Waals surface area contributed by atoms with Crippen LogP contribution < -0.4 is 10.2 Å². The zero-order chi connectivity index (χ0) is 12.3. The quantitative estimate of drug-likeness (QED) is 0.799. The van der Waals surface area contributed by atoms with Crippen LogP contribution in [0.3, 0.4) is 0 Å². The Balaban J connectivity index is 2.20. The van der Waals surface area contributed by atoms with E-state index in [1.165, 1.54) is 4.90 Å². The summed E-state index contributed by atoms with van der Waals surface area (Å²) < 4.78 is 0. The smallest absolute Gasteiger partial charge is 0.234 e. The molecule has 1 aromatic rings. The standard InChI is InChI=1S/C13H16N2O2/c1-2-14-9-10-4-3-5-11(8-10)15-12(16)6-7-13(15)17/h3-5,8,14H,2,6-7,9H2,1H3. The fourth-order valence-corrected chi connectivity index (χ4v) is 1.94. The van der Waals surface area contributed by atoms with E-state index in [1.54, 1.807) is 6.07 Å². The van der Waals surface area contributed by atoms with Gasteiger partial charge in [-0.25, -0.2) is 0 Å². The first-order chi connectivity index (χ1) is 8.22. The van der Waals surface area contributed by atoms with Crippen LogP contribution >= 0.6 is 0 Å². The molecule has 0 unspecified atom stereocenters. The second-order valence-electron chi connectivity index (χ2n) is 4.07. The van der Waals surface area contributed by atoms with E-state index in [9.17, 15) is 9.59 Å². The molecule has 0 aliphatic carbocycles. The van der Waals surface area contributed by atoms with Crippen molar-refractivity contribution in [3.8, 4) is 0 Å². The van der Waals surface area contributed by atoms with E-state index < -0.39 is 0 Å². The summed E-state index contributed by atoms with van der Waals surface area (Å²) in [5.41, 5.74) is 1.77. The highest BCUT2D eigenvalue weighted by Gasteiger charge is 2.30. The van der Waals surface area contributed by atoms with Crippen LogP contribution in [-0.2, 0) is 16.1 Å². The molecule has 1 heterocycles. The number of carbonyl (C=O) groups is 2. The molecule has 0 spiro atoms. The van der Waals surface area contributed by atoms with E-state index in [4.69, 9.17) is 0 Å². The molecule has 1 fully saturated rings. The zero-order valence-electron chi connectivity index (χ0n) is 9.90. The van der Waals surface area contributed by atoms with Gasteiger partial charge in [0.15, 0.2) is 0 Å². The lowest BCUT2D eigenvalue weighted by atomic mass is 10.2. The first kappa shape index (κ1) is 11.8. The molecule has 1 aliphatic rings. The third kappa shape index (κ3) is 2.53. The highest BCUT2D eigenvalue weighted by Crippen LogP contribution is 2.23. The monoisotopic (exact) mass is 232 g/mol. The Bertz CT molecular complexity index is 427. The van der Waals surface area contributed by atoms with Gasteiger partial charge in [0.1, 0.15) is 0 Å². The minimum atomic E-state index is -0.101. The van der Waals surface area contributed by atoms with Crippen molar-refractivity contribution >= 4 is 17.5 Å². The third-order valence-electron chi connectivity index (χ3n) is 2.80. The van der Waals surface area contributed by atoms with Gasteiger partial charge in [-0.1, -0.05) is 19.1 Å². The lowest BCUT2D eigenvalue weighted by Gasteiger charge is -2.14. The van der Waals surface area contributed by atoms with Crippen LogP contribution in [0.2, 0.25) is 0 Å². The Kier molecular flexibility index (Phi) is 3.54. The summed E-state index contributed by atoms with van der Waals surface area (Å²) in [7, 11) is 0. The molecule has 17 heavy (non-hydrogen) atoms. The Morgan fingerprint density at radius 3 is 2.59 bits per heavy atom. The van der Waals surface area contributed by atoms with E-state index >= 15 is 0 Å². The molecule has 4 nitrogen and oxygen atoms in total. The molecule has 90 valence electrons. The molecule has 2 amide bonds. The fourth-order valence-electron chi connectivity index (χ4n) is 1.94. The number of imide groups is 1. The maximum atomic E-state index is 11.6. The van der Waals surface area contributed by atoms with E-state index in [0.717, 1.165) is 18.7 Å². The normalized spacial score (nSPS) is 15.7. The van der Waals surface area contributed by atoms with Crippen LogP contribution in [0.1, 0.15) is 25.3 Å². The summed E-state index contributed by atoms with van der Waals surface area (Å²) >= 11 is 0. The Morgan fingerprint density at radius 1 is 1.24 bits per heavy atom. The molecule has 0 bridgehead atoms. The summed E-state index contributed by atoms with van der Waals surface area (Å²) in [5.74, 6) is -0.203. The van der Waals surface area contributed by atoms with Gasteiger partial charge in [-0.15, -0.1) is 0 Å². The molecule has 0 atom stereocenters. The summed E-state index contributed by atoms with van der Waals surface area (Å²) in [5, 5.41) is 3.22. The van der Waals surface area contributed by atoms with Gasteiger partial charge in [-0.2, -0.15) is 0 Å². The number of amides is 2. The van der Waals surface area contributed by atoms with Crippen LogP contribution in [0.5, 0.6) is 0 Å². The molecule has 4 heteroatoms. The number of rotatable bonds is 4. The van der Waals surface area contributed by atoms with Gasteiger partial charge in [0.25, 0.3) is 0 Å². The second-order valence-corrected chi connectivity index (χ2v) is 4.07. The van der Waals surface area contributed by atoms with E-state index in [2.05, 4.69) is 5.32 Å². The third-order valence-corrected chi connectivity index (χ3v) is 2.80. The molecule has 1 N–H and O–H groups in total. The Hall–Kier alpha value is -1.68. The molecule has 0 aromatic heterocycles. The van der Waals surface area contributed by atoms with Crippen molar-refractivity contribution < 1.29 is 9.59 Å². The number of hydrogen-bond donors (Lipinski definition) is 1. The average Bonchev–Trinajstić information content (AvgIpc) is 2.67. The van der Waals surface area contributed by atoms with Crippen molar-refractivity contribution in [2.24, 2.45) is 0 Å². The minimum absolute atomic E-state index is 0.101. The highest BCUT2D eigenvalue weighted by molar-refractivity contribution is 6.19. The van der Waals surface area contributed by atoms with Crippen molar-refractivity contribution in [1.29, 1.82) is 0 Å².